The van der Waals surface area contributed by atoms with Crippen LogP contribution in [0, 0.1) is 0 Å². The molecule has 0 amide bonds. The van der Waals surface area contributed by atoms with Crippen molar-refractivity contribution in [2.45, 2.75) is 4.90 Å². The molecule has 1 heterocycles. The third-order valence-electron chi connectivity index (χ3n) is 2.11. The van der Waals surface area contributed by atoms with Crippen molar-refractivity contribution in [1.29, 1.82) is 0 Å². The van der Waals surface area contributed by atoms with Gasteiger partial charge in [-0.3, -0.25) is 0 Å². The standard InChI is InChI=1S/C10H5Cl3N2O2S/c11-8-5-9(12)14-15-10(8)6-2-1-3-7(4-6)18(13,16)17/h1-5H. The van der Waals surface area contributed by atoms with Crippen LogP contribution in [0.3, 0.4) is 0 Å². The molecular formula is C10H5Cl3N2O2S. The molecule has 94 valence electrons. The van der Waals surface area contributed by atoms with Gasteiger partial charge in [-0.1, -0.05) is 35.3 Å². The zero-order valence-electron chi connectivity index (χ0n) is 8.64. The molecule has 0 fully saturated rings. The first-order chi connectivity index (χ1) is 8.38. The van der Waals surface area contributed by atoms with Gasteiger partial charge in [0.1, 0.15) is 5.69 Å². The quantitative estimate of drug-likeness (QED) is 0.795. The first-order valence-corrected chi connectivity index (χ1v) is 7.68. The third kappa shape index (κ3) is 2.92. The van der Waals surface area contributed by atoms with Crippen LogP contribution < -0.4 is 0 Å². The van der Waals surface area contributed by atoms with Crippen LogP contribution in [-0.2, 0) is 9.05 Å². The van der Waals surface area contributed by atoms with Crippen molar-refractivity contribution in [3.05, 3.63) is 40.5 Å². The van der Waals surface area contributed by atoms with Crippen LogP contribution in [0.4, 0.5) is 0 Å². The van der Waals surface area contributed by atoms with Gasteiger partial charge in [0.15, 0.2) is 5.15 Å². The lowest BCUT2D eigenvalue weighted by atomic mass is 10.1. The van der Waals surface area contributed by atoms with Gasteiger partial charge >= 0.3 is 0 Å². The second-order valence-corrected chi connectivity index (χ2v) is 6.69. The molecule has 0 saturated heterocycles. The van der Waals surface area contributed by atoms with Crippen LogP contribution in [0.5, 0.6) is 0 Å². The number of hydrogen-bond acceptors (Lipinski definition) is 4. The van der Waals surface area contributed by atoms with Crippen LogP contribution in [0.15, 0.2) is 35.2 Å². The van der Waals surface area contributed by atoms with Gasteiger partial charge in [0.2, 0.25) is 0 Å². The highest BCUT2D eigenvalue weighted by Crippen LogP contribution is 2.28. The number of hydrogen-bond donors (Lipinski definition) is 0. The van der Waals surface area contributed by atoms with E-state index in [1.807, 2.05) is 0 Å². The predicted molar refractivity (Wildman–Crippen MR) is 70.5 cm³/mol. The Bertz CT molecular complexity index is 704. The van der Waals surface area contributed by atoms with E-state index in [1.165, 1.54) is 24.3 Å². The second kappa shape index (κ2) is 5.01. The monoisotopic (exact) mass is 322 g/mol. The van der Waals surface area contributed by atoms with E-state index in [0.29, 0.717) is 11.3 Å². The lowest BCUT2D eigenvalue weighted by molar-refractivity contribution is 0.609. The predicted octanol–water partition coefficient (Wildman–Crippen LogP) is 3.38. The Morgan fingerprint density at radius 3 is 2.39 bits per heavy atom. The maximum atomic E-state index is 11.2. The van der Waals surface area contributed by atoms with E-state index in [-0.39, 0.29) is 15.1 Å². The molecule has 0 radical (unpaired) electrons. The minimum Gasteiger partial charge on any atom is -0.207 e. The normalized spacial score (nSPS) is 11.5. The zero-order valence-corrected chi connectivity index (χ0v) is 11.7. The van der Waals surface area contributed by atoms with Crippen molar-refractivity contribution in [2.24, 2.45) is 0 Å². The van der Waals surface area contributed by atoms with Gasteiger partial charge < -0.3 is 0 Å². The van der Waals surface area contributed by atoms with Crippen LogP contribution in [-0.4, -0.2) is 18.6 Å². The van der Waals surface area contributed by atoms with Gasteiger partial charge in [-0.2, -0.15) is 0 Å². The molecule has 0 aliphatic rings. The zero-order chi connectivity index (χ0) is 13.3. The van der Waals surface area contributed by atoms with Crippen LogP contribution >= 0.6 is 33.9 Å². The Kier molecular flexibility index (Phi) is 3.77. The molecule has 2 rings (SSSR count). The number of benzene rings is 1. The highest BCUT2D eigenvalue weighted by molar-refractivity contribution is 8.13. The molecule has 0 spiro atoms. The molecule has 1 aromatic heterocycles. The maximum Gasteiger partial charge on any atom is 0.261 e. The molecule has 0 aliphatic carbocycles. The van der Waals surface area contributed by atoms with Crippen molar-refractivity contribution in [3.63, 3.8) is 0 Å². The summed E-state index contributed by atoms with van der Waals surface area (Å²) in [5.41, 5.74) is 0.828. The van der Waals surface area contributed by atoms with Crippen molar-refractivity contribution in [2.75, 3.05) is 0 Å². The van der Waals surface area contributed by atoms with Gasteiger partial charge in [0.05, 0.1) is 9.92 Å². The summed E-state index contributed by atoms with van der Waals surface area (Å²) in [7, 11) is 1.47. The summed E-state index contributed by atoms with van der Waals surface area (Å²) >= 11 is 11.6. The molecule has 8 heteroatoms. The topological polar surface area (TPSA) is 59.9 Å². The van der Waals surface area contributed by atoms with Crippen molar-refractivity contribution < 1.29 is 8.42 Å². The molecule has 1 aromatic carbocycles. The Morgan fingerprint density at radius 2 is 1.78 bits per heavy atom. The fourth-order valence-electron chi connectivity index (χ4n) is 1.34. The Hall–Kier alpha value is -0.880. The summed E-state index contributed by atoms with van der Waals surface area (Å²) in [5.74, 6) is 0. The first kappa shape index (κ1) is 13.5. The Morgan fingerprint density at radius 1 is 1.06 bits per heavy atom. The molecule has 0 aliphatic heterocycles. The maximum absolute atomic E-state index is 11.2. The summed E-state index contributed by atoms with van der Waals surface area (Å²) < 4.78 is 22.5. The van der Waals surface area contributed by atoms with Crippen LogP contribution in [0.2, 0.25) is 10.2 Å². The Labute approximate surface area is 118 Å². The molecule has 2 aromatic rings. The highest BCUT2D eigenvalue weighted by atomic mass is 35.7. The van der Waals surface area contributed by atoms with E-state index in [4.69, 9.17) is 33.9 Å². The average Bonchev–Trinajstić information content (AvgIpc) is 2.28. The summed E-state index contributed by atoms with van der Waals surface area (Å²) in [5, 5.41) is 7.91. The van der Waals surface area contributed by atoms with E-state index in [0.717, 1.165) is 0 Å². The van der Waals surface area contributed by atoms with Crippen LogP contribution in [0.25, 0.3) is 11.3 Å². The van der Waals surface area contributed by atoms with Gasteiger partial charge in [-0.15, -0.1) is 10.2 Å². The van der Waals surface area contributed by atoms with Crippen molar-refractivity contribution >= 4 is 42.9 Å². The molecule has 0 bridgehead atoms. The van der Waals surface area contributed by atoms with Gasteiger partial charge in [0, 0.05) is 16.2 Å². The van der Waals surface area contributed by atoms with Crippen molar-refractivity contribution in [1.82, 2.24) is 10.2 Å². The van der Waals surface area contributed by atoms with E-state index < -0.39 is 9.05 Å². The fourth-order valence-corrected chi connectivity index (χ4v) is 2.59. The number of aromatic nitrogens is 2. The summed E-state index contributed by atoms with van der Waals surface area (Å²) in [4.78, 5) is -0.0329. The minimum absolute atomic E-state index is 0.0329. The average molecular weight is 324 g/mol. The SMILES string of the molecule is O=S(=O)(Cl)c1cccc(-c2nnc(Cl)cc2Cl)c1. The fraction of sp³-hybridized carbons (Fsp3) is 0. The number of nitrogens with zero attached hydrogens (tertiary/aromatic N) is 2. The molecule has 0 N–H and O–H groups in total. The minimum atomic E-state index is -3.80. The molecule has 4 nitrogen and oxygen atoms in total. The number of halogens is 3. The molecule has 0 atom stereocenters. The highest BCUT2D eigenvalue weighted by Gasteiger charge is 2.13. The Balaban J connectivity index is 2.58. The molecule has 0 saturated carbocycles. The number of rotatable bonds is 2. The largest absolute Gasteiger partial charge is 0.261 e. The van der Waals surface area contributed by atoms with Gasteiger partial charge in [-0.05, 0) is 18.2 Å². The smallest absolute Gasteiger partial charge is 0.207 e. The first-order valence-electron chi connectivity index (χ1n) is 4.62. The molecular weight excluding hydrogens is 319 g/mol. The third-order valence-corrected chi connectivity index (χ3v) is 3.93. The van der Waals surface area contributed by atoms with E-state index in [1.54, 1.807) is 6.07 Å². The van der Waals surface area contributed by atoms with E-state index >= 15 is 0 Å². The van der Waals surface area contributed by atoms with Crippen molar-refractivity contribution in [3.8, 4) is 11.3 Å². The van der Waals surface area contributed by atoms with Crippen LogP contribution in [0.1, 0.15) is 0 Å². The van der Waals surface area contributed by atoms with E-state index in [2.05, 4.69) is 10.2 Å². The summed E-state index contributed by atoms with van der Waals surface area (Å²) in [6.45, 7) is 0. The lowest BCUT2D eigenvalue weighted by Crippen LogP contribution is -1.93. The molecule has 18 heavy (non-hydrogen) atoms. The lowest BCUT2D eigenvalue weighted by Gasteiger charge is -2.04. The van der Waals surface area contributed by atoms with E-state index in [9.17, 15) is 8.42 Å². The summed E-state index contributed by atoms with van der Waals surface area (Å²) in [6.07, 6.45) is 0. The van der Waals surface area contributed by atoms with Gasteiger partial charge in [0.25, 0.3) is 9.05 Å². The molecule has 0 unspecified atom stereocenters. The second-order valence-electron chi connectivity index (χ2n) is 3.33. The van der Waals surface area contributed by atoms with Gasteiger partial charge in [-0.25, -0.2) is 8.42 Å². The summed E-state index contributed by atoms with van der Waals surface area (Å²) in [6, 6.07) is 7.36.